The number of Topliss-reactive ketones (excluding diaryl/α,β-unsaturated/α-hetero) is 1. The van der Waals surface area contributed by atoms with Crippen LogP contribution in [0.25, 0.3) is 0 Å². The number of carbonyl (C=O) groups is 2. The molecule has 0 saturated carbocycles. The molecule has 2 heteroatoms. The molecule has 0 saturated heterocycles. The quantitative estimate of drug-likeness (QED) is 0.407. The fourth-order valence-electron chi connectivity index (χ4n) is 1.72. The molecule has 0 radical (unpaired) electrons. The van der Waals surface area contributed by atoms with E-state index in [1.54, 1.807) is 0 Å². The monoisotopic (exact) mass is 190 g/mol. The van der Waals surface area contributed by atoms with E-state index in [1.165, 1.54) is 0 Å². The highest BCUT2D eigenvalue weighted by molar-refractivity contribution is 6.34. The Labute approximate surface area is 83.9 Å². The third kappa shape index (κ3) is 1.60. The molecule has 0 aliphatic rings. The third-order valence-electron chi connectivity index (χ3n) is 2.71. The average Bonchev–Trinajstić information content (AvgIpc) is 2.14. The lowest BCUT2D eigenvalue weighted by molar-refractivity contribution is -0.104. The van der Waals surface area contributed by atoms with E-state index in [0.717, 1.165) is 22.3 Å². The number of ketones is 1. The first-order valence-electron chi connectivity index (χ1n) is 4.56. The molecule has 0 spiro atoms. The second kappa shape index (κ2) is 3.74. The molecule has 0 bridgehead atoms. The van der Waals surface area contributed by atoms with Gasteiger partial charge in [0.2, 0.25) is 5.78 Å². The largest absolute Gasteiger partial charge is 0.294 e. The maximum absolute atomic E-state index is 11.4. The number of hydrogen-bond donors (Lipinski definition) is 0. The van der Waals surface area contributed by atoms with E-state index >= 15 is 0 Å². The smallest absolute Gasteiger partial charge is 0.225 e. The van der Waals surface area contributed by atoms with Crippen molar-refractivity contribution < 1.29 is 9.59 Å². The molecule has 0 aromatic heterocycles. The lowest BCUT2D eigenvalue weighted by Gasteiger charge is -2.11. The first-order chi connectivity index (χ1) is 6.49. The van der Waals surface area contributed by atoms with Gasteiger partial charge in [0.15, 0.2) is 6.29 Å². The van der Waals surface area contributed by atoms with E-state index in [-0.39, 0.29) is 0 Å². The third-order valence-corrected chi connectivity index (χ3v) is 2.71. The molecule has 0 heterocycles. The maximum atomic E-state index is 11.4. The Bertz CT molecular complexity index is 403. The van der Waals surface area contributed by atoms with E-state index in [9.17, 15) is 9.59 Å². The standard InChI is InChI=1S/C12H14O2/c1-7-5-8(2)12(11(14)6-13)10(4)9(7)3/h5-6H,1-4H3. The summed E-state index contributed by atoms with van der Waals surface area (Å²) in [4.78, 5) is 21.8. The number of aryl methyl sites for hydroxylation is 2. The summed E-state index contributed by atoms with van der Waals surface area (Å²) in [7, 11) is 0. The molecule has 0 aliphatic heterocycles. The molecule has 1 rings (SSSR count). The van der Waals surface area contributed by atoms with Gasteiger partial charge in [-0.25, -0.2) is 0 Å². The highest BCUT2D eigenvalue weighted by Crippen LogP contribution is 2.21. The highest BCUT2D eigenvalue weighted by atomic mass is 16.2. The molecule has 0 unspecified atom stereocenters. The predicted molar refractivity (Wildman–Crippen MR) is 55.8 cm³/mol. The normalized spacial score (nSPS) is 10.0. The van der Waals surface area contributed by atoms with Gasteiger partial charge in [-0.3, -0.25) is 9.59 Å². The zero-order chi connectivity index (χ0) is 10.9. The molecule has 0 fully saturated rings. The van der Waals surface area contributed by atoms with Gasteiger partial charge < -0.3 is 0 Å². The van der Waals surface area contributed by atoms with Gasteiger partial charge in [0.05, 0.1) is 0 Å². The summed E-state index contributed by atoms with van der Waals surface area (Å²) in [6.07, 6.45) is 0.379. The van der Waals surface area contributed by atoms with Crippen LogP contribution in [0.5, 0.6) is 0 Å². The van der Waals surface area contributed by atoms with Gasteiger partial charge in [-0.1, -0.05) is 6.07 Å². The molecule has 0 atom stereocenters. The van der Waals surface area contributed by atoms with Gasteiger partial charge in [0.1, 0.15) is 0 Å². The number of benzene rings is 1. The van der Waals surface area contributed by atoms with Crippen molar-refractivity contribution in [1.29, 1.82) is 0 Å². The van der Waals surface area contributed by atoms with Crippen LogP contribution in [0.15, 0.2) is 6.07 Å². The fraction of sp³-hybridized carbons (Fsp3) is 0.333. The average molecular weight is 190 g/mol. The van der Waals surface area contributed by atoms with Gasteiger partial charge in [-0.05, 0) is 49.9 Å². The number of carbonyl (C=O) groups excluding carboxylic acids is 2. The SMILES string of the molecule is Cc1cc(C)c(C(=O)C=O)c(C)c1C. The van der Waals surface area contributed by atoms with Crippen molar-refractivity contribution in [3.05, 3.63) is 33.9 Å². The van der Waals surface area contributed by atoms with Crippen LogP contribution < -0.4 is 0 Å². The minimum Gasteiger partial charge on any atom is -0.294 e. The Balaban J connectivity index is 3.51. The zero-order valence-electron chi connectivity index (χ0n) is 8.97. The first kappa shape index (κ1) is 10.6. The van der Waals surface area contributed by atoms with Crippen molar-refractivity contribution in [3.63, 3.8) is 0 Å². The lowest BCUT2D eigenvalue weighted by Crippen LogP contribution is -2.07. The van der Waals surface area contributed by atoms with E-state index in [1.807, 2.05) is 33.8 Å². The topological polar surface area (TPSA) is 34.1 Å². The van der Waals surface area contributed by atoms with Crippen molar-refractivity contribution in [3.8, 4) is 0 Å². The van der Waals surface area contributed by atoms with Crippen LogP contribution >= 0.6 is 0 Å². The second-order valence-corrected chi connectivity index (χ2v) is 3.62. The molecule has 2 nitrogen and oxygen atoms in total. The van der Waals surface area contributed by atoms with Gasteiger partial charge in [-0.15, -0.1) is 0 Å². The van der Waals surface area contributed by atoms with Crippen LogP contribution in [0.1, 0.15) is 32.6 Å². The Morgan fingerprint density at radius 1 is 1.07 bits per heavy atom. The summed E-state index contributed by atoms with van der Waals surface area (Å²) >= 11 is 0. The molecule has 74 valence electrons. The molecule has 0 N–H and O–H groups in total. The summed E-state index contributed by atoms with van der Waals surface area (Å²) in [5.41, 5.74) is 4.59. The molecule has 1 aromatic carbocycles. The van der Waals surface area contributed by atoms with Crippen LogP contribution in [0.4, 0.5) is 0 Å². The van der Waals surface area contributed by atoms with Gasteiger partial charge in [0, 0.05) is 5.56 Å². The van der Waals surface area contributed by atoms with Crippen molar-refractivity contribution in [1.82, 2.24) is 0 Å². The van der Waals surface area contributed by atoms with E-state index in [2.05, 4.69) is 0 Å². The minimum atomic E-state index is -0.428. The van der Waals surface area contributed by atoms with Crippen LogP contribution in [-0.2, 0) is 4.79 Å². The molecule has 0 amide bonds. The Hall–Kier alpha value is -1.44. The van der Waals surface area contributed by atoms with E-state index in [4.69, 9.17) is 0 Å². The summed E-state index contributed by atoms with van der Waals surface area (Å²) in [5.74, 6) is -0.428. The lowest BCUT2D eigenvalue weighted by atomic mass is 9.92. The summed E-state index contributed by atoms with van der Waals surface area (Å²) < 4.78 is 0. The van der Waals surface area contributed by atoms with Gasteiger partial charge in [-0.2, -0.15) is 0 Å². The molecule has 14 heavy (non-hydrogen) atoms. The van der Waals surface area contributed by atoms with Crippen LogP contribution in [0, 0.1) is 27.7 Å². The Morgan fingerprint density at radius 2 is 1.64 bits per heavy atom. The zero-order valence-corrected chi connectivity index (χ0v) is 8.97. The summed E-state index contributed by atoms with van der Waals surface area (Å²) in [6, 6.07) is 1.94. The van der Waals surface area contributed by atoms with Crippen LogP contribution in [0.3, 0.4) is 0 Å². The first-order valence-corrected chi connectivity index (χ1v) is 4.56. The fourth-order valence-corrected chi connectivity index (χ4v) is 1.72. The predicted octanol–water partition coefficient (Wildman–Crippen LogP) is 2.30. The van der Waals surface area contributed by atoms with E-state index in [0.29, 0.717) is 11.8 Å². The summed E-state index contributed by atoms with van der Waals surface area (Å²) in [6.45, 7) is 7.71. The second-order valence-electron chi connectivity index (χ2n) is 3.62. The summed E-state index contributed by atoms with van der Waals surface area (Å²) in [5, 5.41) is 0. The van der Waals surface area contributed by atoms with Crippen LogP contribution in [-0.4, -0.2) is 12.1 Å². The van der Waals surface area contributed by atoms with E-state index < -0.39 is 5.78 Å². The van der Waals surface area contributed by atoms with Crippen molar-refractivity contribution >= 4 is 12.1 Å². The number of hydrogen-bond acceptors (Lipinski definition) is 2. The van der Waals surface area contributed by atoms with Crippen molar-refractivity contribution in [2.75, 3.05) is 0 Å². The van der Waals surface area contributed by atoms with Gasteiger partial charge in [0.25, 0.3) is 0 Å². The molecule has 0 aliphatic carbocycles. The van der Waals surface area contributed by atoms with Crippen molar-refractivity contribution in [2.24, 2.45) is 0 Å². The van der Waals surface area contributed by atoms with Crippen molar-refractivity contribution in [2.45, 2.75) is 27.7 Å². The van der Waals surface area contributed by atoms with Gasteiger partial charge >= 0.3 is 0 Å². The maximum Gasteiger partial charge on any atom is 0.225 e. The molecular formula is C12H14O2. The molecular weight excluding hydrogens is 176 g/mol. The highest BCUT2D eigenvalue weighted by Gasteiger charge is 2.13. The van der Waals surface area contributed by atoms with Crippen LogP contribution in [0.2, 0.25) is 0 Å². The molecule has 1 aromatic rings. The Morgan fingerprint density at radius 3 is 2.14 bits per heavy atom. The number of rotatable bonds is 2. The number of aldehydes is 1. The Kier molecular flexibility index (Phi) is 2.84. The minimum absolute atomic E-state index is 0.379.